The zero-order valence-corrected chi connectivity index (χ0v) is 10.8. The van der Waals surface area contributed by atoms with Crippen LogP contribution in [0, 0.1) is 11.8 Å². The number of nitrogens with one attached hydrogen (secondary N) is 1. The molecule has 1 saturated carbocycles. The summed E-state index contributed by atoms with van der Waals surface area (Å²) in [6.45, 7) is 3.40. The van der Waals surface area contributed by atoms with Crippen molar-refractivity contribution in [3.8, 4) is 0 Å². The molecule has 1 saturated heterocycles. The van der Waals surface area contributed by atoms with Gasteiger partial charge in [0.25, 0.3) is 0 Å². The molecule has 2 N–H and O–H groups in total. The molecule has 5 heteroatoms. The fourth-order valence-electron chi connectivity index (χ4n) is 2.79. The summed E-state index contributed by atoms with van der Waals surface area (Å²) in [4.78, 5) is 23.0. The van der Waals surface area contributed by atoms with Crippen LogP contribution in [0.4, 0.5) is 0 Å². The SMILES string of the molecule is CC1(NC(=O)C2CCC(C(=O)O)C2)CCOCC1. The Balaban J connectivity index is 1.87. The first-order valence-electron chi connectivity index (χ1n) is 6.63. The standard InChI is InChI=1S/C13H21NO4/c1-13(4-6-18-7-5-13)14-11(15)9-2-3-10(8-9)12(16)17/h9-10H,2-8H2,1H3,(H,14,15)(H,16,17). The molecule has 2 atom stereocenters. The maximum absolute atomic E-state index is 12.1. The van der Waals surface area contributed by atoms with E-state index >= 15 is 0 Å². The minimum atomic E-state index is -0.775. The summed E-state index contributed by atoms with van der Waals surface area (Å²) in [6.07, 6.45) is 3.44. The molecule has 2 fully saturated rings. The lowest BCUT2D eigenvalue weighted by atomic mass is 9.91. The van der Waals surface area contributed by atoms with Crippen LogP contribution < -0.4 is 5.32 Å². The lowest BCUT2D eigenvalue weighted by molar-refractivity contribution is -0.141. The first-order chi connectivity index (χ1) is 8.50. The number of carbonyl (C=O) groups is 2. The second-order valence-corrected chi connectivity index (χ2v) is 5.71. The molecular weight excluding hydrogens is 234 g/mol. The largest absolute Gasteiger partial charge is 0.481 e. The van der Waals surface area contributed by atoms with Crippen LogP contribution in [0.15, 0.2) is 0 Å². The maximum atomic E-state index is 12.1. The molecule has 0 aromatic heterocycles. The van der Waals surface area contributed by atoms with E-state index in [1.165, 1.54) is 0 Å². The number of hydrogen-bond donors (Lipinski definition) is 2. The van der Waals surface area contributed by atoms with Gasteiger partial charge in [0.05, 0.1) is 5.92 Å². The molecule has 0 aromatic carbocycles. The Kier molecular flexibility index (Phi) is 3.90. The van der Waals surface area contributed by atoms with Crippen molar-refractivity contribution in [2.45, 2.75) is 44.6 Å². The van der Waals surface area contributed by atoms with Gasteiger partial charge < -0.3 is 15.2 Å². The van der Waals surface area contributed by atoms with Gasteiger partial charge in [0.1, 0.15) is 0 Å². The van der Waals surface area contributed by atoms with Gasteiger partial charge in [0.15, 0.2) is 0 Å². The predicted octanol–water partition coefficient (Wildman–Crippen LogP) is 1.17. The summed E-state index contributed by atoms with van der Waals surface area (Å²) in [5.41, 5.74) is -0.184. The van der Waals surface area contributed by atoms with Gasteiger partial charge >= 0.3 is 5.97 Å². The number of aliphatic carboxylic acids is 1. The van der Waals surface area contributed by atoms with Crippen LogP contribution in [0.5, 0.6) is 0 Å². The van der Waals surface area contributed by atoms with E-state index in [0.717, 1.165) is 12.8 Å². The minimum Gasteiger partial charge on any atom is -0.481 e. The highest BCUT2D eigenvalue weighted by Gasteiger charge is 2.37. The van der Waals surface area contributed by atoms with Crippen LogP contribution in [0.1, 0.15) is 39.0 Å². The number of amides is 1. The van der Waals surface area contributed by atoms with E-state index in [0.29, 0.717) is 32.5 Å². The van der Waals surface area contributed by atoms with Crippen molar-refractivity contribution in [1.82, 2.24) is 5.32 Å². The van der Waals surface area contributed by atoms with Crippen LogP contribution in [0.25, 0.3) is 0 Å². The monoisotopic (exact) mass is 255 g/mol. The van der Waals surface area contributed by atoms with Crippen molar-refractivity contribution in [2.75, 3.05) is 13.2 Å². The average Bonchev–Trinajstić information content (AvgIpc) is 2.78. The van der Waals surface area contributed by atoms with Gasteiger partial charge in [0, 0.05) is 24.7 Å². The van der Waals surface area contributed by atoms with E-state index in [-0.39, 0.29) is 23.3 Å². The molecule has 0 aromatic rings. The summed E-state index contributed by atoms with van der Waals surface area (Å²) in [6, 6.07) is 0. The van der Waals surface area contributed by atoms with E-state index in [2.05, 4.69) is 5.32 Å². The molecule has 2 aliphatic rings. The molecule has 0 radical (unpaired) electrons. The highest BCUT2D eigenvalue weighted by atomic mass is 16.5. The first-order valence-corrected chi connectivity index (χ1v) is 6.63. The Hall–Kier alpha value is -1.10. The number of carbonyl (C=O) groups excluding carboxylic acids is 1. The minimum absolute atomic E-state index is 0.0168. The quantitative estimate of drug-likeness (QED) is 0.794. The fraction of sp³-hybridized carbons (Fsp3) is 0.846. The molecule has 5 nitrogen and oxygen atoms in total. The molecule has 18 heavy (non-hydrogen) atoms. The summed E-state index contributed by atoms with van der Waals surface area (Å²) >= 11 is 0. The smallest absolute Gasteiger partial charge is 0.306 e. The van der Waals surface area contributed by atoms with Gasteiger partial charge in [-0.25, -0.2) is 0 Å². The van der Waals surface area contributed by atoms with Crippen molar-refractivity contribution in [2.24, 2.45) is 11.8 Å². The normalized spacial score (nSPS) is 30.9. The van der Waals surface area contributed by atoms with Crippen molar-refractivity contribution >= 4 is 11.9 Å². The Labute approximate surface area is 107 Å². The second kappa shape index (κ2) is 5.26. The third-order valence-corrected chi connectivity index (χ3v) is 4.17. The molecular formula is C13H21NO4. The summed E-state index contributed by atoms with van der Waals surface area (Å²) in [5.74, 6) is -1.24. The van der Waals surface area contributed by atoms with E-state index in [9.17, 15) is 9.59 Å². The van der Waals surface area contributed by atoms with Crippen LogP contribution in [0.2, 0.25) is 0 Å². The van der Waals surface area contributed by atoms with Gasteiger partial charge in [-0.1, -0.05) is 0 Å². The van der Waals surface area contributed by atoms with Crippen LogP contribution in [-0.4, -0.2) is 35.7 Å². The van der Waals surface area contributed by atoms with Crippen LogP contribution in [-0.2, 0) is 14.3 Å². The number of rotatable bonds is 3. The van der Waals surface area contributed by atoms with Gasteiger partial charge in [-0.15, -0.1) is 0 Å². The average molecular weight is 255 g/mol. The number of ether oxygens (including phenoxy) is 1. The topological polar surface area (TPSA) is 75.6 Å². The van der Waals surface area contributed by atoms with Crippen molar-refractivity contribution in [3.63, 3.8) is 0 Å². The third kappa shape index (κ3) is 3.02. The Bertz CT molecular complexity index is 336. The fourth-order valence-corrected chi connectivity index (χ4v) is 2.79. The molecule has 2 rings (SSSR count). The number of carboxylic acid groups (broad SMARTS) is 1. The predicted molar refractivity (Wildman–Crippen MR) is 65.1 cm³/mol. The number of hydrogen-bond acceptors (Lipinski definition) is 3. The van der Waals surface area contributed by atoms with E-state index in [1.54, 1.807) is 0 Å². The molecule has 1 heterocycles. The molecule has 1 aliphatic carbocycles. The molecule has 0 bridgehead atoms. The van der Waals surface area contributed by atoms with Crippen LogP contribution >= 0.6 is 0 Å². The third-order valence-electron chi connectivity index (χ3n) is 4.17. The second-order valence-electron chi connectivity index (χ2n) is 5.71. The maximum Gasteiger partial charge on any atom is 0.306 e. The molecule has 102 valence electrons. The first kappa shape index (κ1) is 13.3. The van der Waals surface area contributed by atoms with E-state index in [1.807, 2.05) is 6.92 Å². The molecule has 1 aliphatic heterocycles. The van der Waals surface area contributed by atoms with Gasteiger partial charge in [0.2, 0.25) is 5.91 Å². The van der Waals surface area contributed by atoms with Crippen molar-refractivity contribution in [3.05, 3.63) is 0 Å². The Morgan fingerprint density at radius 3 is 2.39 bits per heavy atom. The highest BCUT2D eigenvalue weighted by molar-refractivity contribution is 5.81. The molecule has 1 amide bonds. The van der Waals surface area contributed by atoms with Gasteiger partial charge in [-0.05, 0) is 39.0 Å². The van der Waals surface area contributed by atoms with E-state index < -0.39 is 5.97 Å². The zero-order chi connectivity index (χ0) is 13.2. The zero-order valence-electron chi connectivity index (χ0n) is 10.8. The Morgan fingerprint density at radius 2 is 1.83 bits per heavy atom. The summed E-state index contributed by atoms with van der Waals surface area (Å²) in [7, 11) is 0. The van der Waals surface area contributed by atoms with Gasteiger partial charge in [-0.2, -0.15) is 0 Å². The molecule has 0 spiro atoms. The van der Waals surface area contributed by atoms with Crippen LogP contribution in [0.3, 0.4) is 0 Å². The highest BCUT2D eigenvalue weighted by Crippen LogP contribution is 2.32. The van der Waals surface area contributed by atoms with E-state index in [4.69, 9.17) is 9.84 Å². The lowest BCUT2D eigenvalue weighted by Gasteiger charge is -2.35. The number of carboxylic acids is 1. The molecule has 2 unspecified atom stereocenters. The summed E-state index contributed by atoms with van der Waals surface area (Å²) < 4.78 is 5.29. The van der Waals surface area contributed by atoms with Crippen molar-refractivity contribution in [1.29, 1.82) is 0 Å². The van der Waals surface area contributed by atoms with Gasteiger partial charge in [-0.3, -0.25) is 9.59 Å². The summed E-state index contributed by atoms with van der Waals surface area (Å²) in [5, 5.41) is 12.0. The Morgan fingerprint density at radius 1 is 1.22 bits per heavy atom. The lowest BCUT2D eigenvalue weighted by Crippen LogP contribution is -2.51. The van der Waals surface area contributed by atoms with Crippen molar-refractivity contribution < 1.29 is 19.4 Å².